The van der Waals surface area contributed by atoms with E-state index in [2.05, 4.69) is 26.8 Å². The zero-order valence-electron chi connectivity index (χ0n) is 14.8. The van der Waals surface area contributed by atoms with E-state index in [0.717, 1.165) is 15.6 Å². The van der Waals surface area contributed by atoms with Gasteiger partial charge >= 0.3 is 0 Å². The number of hydrogen-bond acceptors (Lipinski definition) is 4. The molecule has 138 valence electrons. The topological polar surface area (TPSA) is 76.7 Å². The molecule has 1 atom stereocenters. The van der Waals surface area contributed by atoms with Crippen molar-refractivity contribution in [1.29, 1.82) is 0 Å². The summed E-state index contributed by atoms with van der Waals surface area (Å²) in [7, 11) is 0. The molecule has 0 heterocycles. The molecule has 7 heteroatoms. The molecule has 0 spiro atoms. The lowest BCUT2D eigenvalue weighted by Gasteiger charge is -2.15. The Hall–Kier alpha value is -2.54. The maximum absolute atomic E-state index is 12.0. The Labute approximate surface area is 161 Å². The number of hydrogen-bond donors (Lipinski definition) is 2. The van der Waals surface area contributed by atoms with Gasteiger partial charge in [0.2, 0.25) is 0 Å². The number of carbonyl (C=O) groups is 2. The predicted octanol–water partition coefficient (Wildman–Crippen LogP) is 3.06. The molecule has 0 radical (unpaired) electrons. The molecule has 2 N–H and O–H groups in total. The first-order valence-corrected chi connectivity index (χ1v) is 8.85. The average Bonchev–Trinajstić information content (AvgIpc) is 2.60. The van der Waals surface area contributed by atoms with Crippen LogP contribution in [0.1, 0.15) is 18.1 Å². The summed E-state index contributed by atoms with van der Waals surface area (Å²) < 4.78 is 11.9. The summed E-state index contributed by atoms with van der Waals surface area (Å²) in [5.41, 5.74) is 6.66. The fourth-order valence-corrected chi connectivity index (χ4v) is 2.32. The first-order valence-electron chi connectivity index (χ1n) is 8.06. The molecule has 2 rings (SSSR count). The number of benzene rings is 2. The van der Waals surface area contributed by atoms with Gasteiger partial charge in [0.15, 0.2) is 12.7 Å². The van der Waals surface area contributed by atoms with Gasteiger partial charge in [-0.2, -0.15) is 0 Å². The van der Waals surface area contributed by atoms with Crippen molar-refractivity contribution in [2.24, 2.45) is 0 Å². The minimum absolute atomic E-state index is 0.214. The number of amides is 2. The van der Waals surface area contributed by atoms with Gasteiger partial charge in [-0.15, -0.1) is 0 Å². The molecule has 0 saturated heterocycles. The van der Waals surface area contributed by atoms with Gasteiger partial charge in [0.1, 0.15) is 11.5 Å². The Morgan fingerprint density at radius 2 is 1.85 bits per heavy atom. The van der Waals surface area contributed by atoms with E-state index in [9.17, 15) is 9.59 Å². The lowest BCUT2D eigenvalue weighted by molar-refractivity contribution is -0.133. The Morgan fingerprint density at radius 1 is 1.08 bits per heavy atom. The molecule has 0 aliphatic rings. The predicted molar refractivity (Wildman–Crippen MR) is 102 cm³/mol. The summed E-state index contributed by atoms with van der Waals surface area (Å²) in [4.78, 5) is 23.8. The molecule has 0 aromatic heterocycles. The number of ether oxygens (including phenoxy) is 2. The smallest absolute Gasteiger partial charge is 0.279 e. The largest absolute Gasteiger partial charge is 0.484 e. The van der Waals surface area contributed by atoms with Crippen molar-refractivity contribution >= 4 is 27.7 Å². The molecular formula is C19H21BrN2O4. The third-order valence-corrected chi connectivity index (χ3v) is 4.39. The third kappa shape index (κ3) is 6.07. The van der Waals surface area contributed by atoms with Gasteiger partial charge in [-0.1, -0.05) is 28.1 Å². The summed E-state index contributed by atoms with van der Waals surface area (Å²) in [5.74, 6) is 0.234. The van der Waals surface area contributed by atoms with Crippen molar-refractivity contribution in [2.75, 3.05) is 6.61 Å². The van der Waals surface area contributed by atoms with Gasteiger partial charge in [-0.3, -0.25) is 20.4 Å². The van der Waals surface area contributed by atoms with Crippen molar-refractivity contribution in [1.82, 2.24) is 10.9 Å². The van der Waals surface area contributed by atoms with E-state index in [1.165, 1.54) is 0 Å². The van der Waals surface area contributed by atoms with Crippen molar-refractivity contribution in [2.45, 2.75) is 26.9 Å². The number of hydrazine groups is 1. The van der Waals surface area contributed by atoms with Gasteiger partial charge < -0.3 is 9.47 Å². The van der Waals surface area contributed by atoms with Crippen molar-refractivity contribution < 1.29 is 19.1 Å². The van der Waals surface area contributed by atoms with Crippen molar-refractivity contribution in [3.8, 4) is 11.5 Å². The lowest BCUT2D eigenvalue weighted by Crippen LogP contribution is -2.48. The average molecular weight is 421 g/mol. The van der Waals surface area contributed by atoms with Gasteiger partial charge in [-0.05, 0) is 62.2 Å². The van der Waals surface area contributed by atoms with Crippen LogP contribution in [0.5, 0.6) is 11.5 Å². The Bertz CT molecular complexity index is 795. The summed E-state index contributed by atoms with van der Waals surface area (Å²) in [5, 5.41) is 0. The number of carbonyl (C=O) groups excluding carboxylic acids is 2. The zero-order valence-corrected chi connectivity index (χ0v) is 16.4. The maximum Gasteiger partial charge on any atom is 0.279 e. The molecule has 2 aromatic carbocycles. The van der Waals surface area contributed by atoms with Crippen LogP contribution < -0.4 is 20.3 Å². The Balaban J connectivity index is 1.75. The van der Waals surface area contributed by atoms with Gasteiger partial charge in [0.25, 0.3) is 11.8 Å². The quantitative estimate of drug-likeness (QED) is 0.703. The number of nitrogens with one attached hydrogen (secondary N) is 2. The third-order valence-electron chi connectivity index (χ3n) is 3.50. The number of rotatable bonds is 6. The second-order valence-corrected chi connectivity index (χ2v) is 6.67. The van der Waals surface area contributed by atoms with Crippen LogP contribution in [0.15, 0.2) is 46.9 Å². The Kier molecular flexibility index (Phi) is 7.03. The monoisotopic (exact) mass is 420 g/mol. The van der Waals surface area contributed by atoms with E-state index in [1.807, 2.05) is 44.2 Å². The molecular weight excluding hydrogens is 400 g/mol. The highest BCUT2D eigenvalue weighted by Gasteiger charge is 2.15. The van der Waals surface area contributed by atoms with E-state index < -0.39 is 17.9 Å². The van der Waals surface area contributed by atoms with E-state index in [0.29, 0.717) is 11.5 Å². The van der Waals surface area contributed by atoms with Gasteiger partial charge in [-0.25, -0.2) is 0 Å². The first kappa shape index (κ1) is 19.8. The normalized spacial score (nSPS) is 11.4. The molecule has 0 aliphatic heterocycles. The fourth-order valence-electron chi connectivity index (χ4n) is 2.07. The lowest BCUT2D eigenvalue weighted by atomic mass is 10.2. The van der Waals surface area contributed by atoms with Crippen LogP contribution in [0.4, 0.5) is 0 Å². The molecule has 6 nitrogen and oxygen atoms in total. The van der Waals surface area contributed by atoms with E-state index in [1.54, 1.807) is 19.1 Å². The van der Waals surface area contributed by atoms with Crippen LogP contribution >= 0.6 is 15.9 Å². The Morgan fingerprint density at radius 3 is 2.54 bits per heavy atom. The van der Waals surface area contributed by atoms with Crippen molar-refractivity contribution in [3.05, 3.63) is 58.1 Å². The summed E-state index contributed by atoms with van der Waals surface area (Å²) in [6.07, 6.45) is -0.757. The zero-order chi connectivity index (χ0) is 19.1. The molecule has 1 unspecified atom stereocenters. The fraction of sp³-hybridized carbons (Fsp3) is 0.263. The molecule has 0 aliphatic carbocycles. The number of halogens is 1. The van der Waals surface area contributed by atoms with Crippen LogP contribution in [0.25, 0.3) is 0 Å². The van der Waals surface area contributed by atoms with E-state index in [4.69, 9.17) is 9.47 Å². The molecule has 2 amide bonds. The van der Waals surface area contributed by atoms with Gasteiger partial charge in [0.05, 0.1) is 0 Å². The van der Waals surface area contributed by atoms with E-state index in [-0.39, 0.29) is 6.61 Å². The molecule has 26 heavy (non-hydrogen) atoms. The SMILES string of the molecule is Cc1cccc(OC(C)C(=O)NNC(=O)COc2ccc(Br)c(C)c2)c1. The van der Waals surface area contributed by atoms with Gasteiger partial charge in [0, 0.05) is 4.47 Å². The molecule has 2 aromatic rings. The second kappa shape index (κ2) is 9.24. The highest BCUT2D eigenvalue weighted by molar-refractivity contribution is 9.10. The summed E-state index contributed by atoms with van der Waals surface area (Å²) in [6, 6.07) is 12.8. The van der Waals surface area contributed by atoms with Crippen LogP contribution in [-0.4, -0.2) is 24.5 Å². The molecule has 0 fully saturated rings. The highest BCUT2D eigenvalue weighted by atomic mass is 79.9. The highest BCUT2D eigenvalue weighted by Crippen LogP contribution is 2.21. The van der Waals surface area contributed by atoms with E-state index >= 15 is 0 Å². The van der Waals surface area contributed by atoms with Crippen LogP contribution in [0.3, 0.4) is 0 Å². The minimum Gasteiger partial charge on any atom is -0.484 e. The summed E-state index contributed by atoms with van der Waals surface area (Å²) in [6.45, 7) is 5.25. The van der Waals surface area contributed by atoms with Crippen LogP contribution in [0, 0.1) is 13.8 Å². The number of aryl methyl sites for hydroxylation is 2. The van der Waals surface area contributed by atoms with Crippen LogP contribution in [-0.2, 0) is 9.59 Å². The molecule has 0 saturated carbocycles. The minimum atomic E-state index is -0.757. The van der Waals surface area contributed by atoms with Crippen LogP contribution in [0.2, 0.25) is 0 Å². The standard InChI is InChI=1S/C19H21BrN2O4/c1-12-5-4-6-16(9-12)26-14(3)19(24)22-21-18(23)11-25-15-7-8-17(20)13(2)10-15/h4-10,14H,11H2,1-3H3,(H,21,23)(H,22,24). The molecule has 0 bridgehead atoms. The summed E-state index contributed by atoms with van der Waals surface area (Å²) >= 11 is 3.40. The maximum atomic E-state index is 12.0. The second-order valence-electron chi connectivity index (χ2n) is 5.81. The first-order chi connectivity index (χ1) is 12.3. The van der Waals surface area contributed by atoms with Crippen molar-refractivity contribution in [3.63, 3.8) is 0 Å².